The second-order valence-electron chi connectivity index (χ2n) is 2.47. The molecule has 0 aliphatic carbocycles. The molecule has 1 aromatic carbocycles. The fourth-order valence-corrected chi connectivity index (χ4v) is 1.69. The maximum absolute atomic E-state index is 5.97. The van der Waals surface area contributed by atoms with Crippen molar-refractivity contribution in [3.63, 3.8) is 0 Å². The van der Waals surface area contributed by atoms with Gasteiger partial charge in [-0.3, -0.25) is 0 Å². The molecule has 0 unspecified atom stereocenters. The summed E-state index contributed by atoms with van der Waals surface area (Å²) in [7, 11) is 0. The van der Waals surface area contributed by atoms with E-state index in [4.69, 9.17) is 16.0 Å². The van der Waals surface area contributed by atoms with Crippen LogP contribution in [0.5, 0.6) is 0 Å². The van der Waals surface area contributed by atoms with Crippen LogP contribution in [0.15, 0.2) is 40.0 Å². The summed E-state index contributed by atoms with van der Waals surface area (Å²) >= 11 is 10.2. The van der Waals surface area contributed by atoms with Crippen LogP contribution in [0.1, 0.15) is 0 Å². The summed E-state index contributed by atoms with van der Waals surface area (Å²) in [4.78, 5) is 4.77. The SMILES string of the molecule is Sc1cccc(Cl)c1-c1ncco1. The molecule has 0 N–H and O–H groups in total. The number of rotatable bonds is 1. The van der Waals surface area contributed by atoms with Gasteiger partial charge < -0.3 is 4.42 Å². The summed E-state index contributed by atoms with van der Waals surface area (Å²) in [5.74, 6) is 0.496. The summed E-state index contributed by atoms with van der Waals surface area (Å²) in [5, 5.41) is 0.593. The average molecular weight is 212 g/mol. The molecule has 0 spiro atoms. The van der Waals surface area contributed by atoms with Crippen LogP contribution >= 0.6 is 24.2 Å². The summed E-state index contributed by atoms with van der Waals surface area (Å²) in [6, 6.07) is 5.45. The third-order valence-electron chi connectivity index (χ3n) is 1.64. The van der Waals surface area contributed by atoms with E-state index in [1.54, 1.807) is 12.3 Å². The molecule has 4 heteroatoms. The van der Waals surface area contributed by atoms with E-state index < -0.39 is 0 Å². The number of oxazole rings is 1. The molecule has 66 valence electrons. The smallest absolute Gasteiger partial charge is 0.228 e. The monoisotopic (exact) mass is 211 g/mol. The van der Waals surface area contributed by atoms with Crippen LogP contribution in [-0.4, -0.2) is 4.98 Å². The maximum atomic E-state index is 5.97. The molecule has 2 rings (SSSR count). The molecule has 2 aromatic rings. The van der Waals surface area contributed by atoms with E-state index in [2.05, 4.69) is 17.6 Å². The van der Waals surface area contributed by atoms with E-state index in [0.29, 0.717) is 10.9 Å². The number of benzene rings is 1. The highest BCUT2D eigenvalue weighted by molar-refractivity contribution is 7.80. The first-order chi connectivity index (χ1) is 6.29. The second-order valence-corrected chi connectivity index (χ2v) is 3.36. The van der Waals surface area contributed by atoms with Crippen LogP contribution in [0.4, 0.5) is 0 Å². The topological polar surface area (TPSA) is 26.0 Å². The van der Waals surface area contributed by atoms with Gasteiger partial charge in [-0.05, 0) is 12.1 Å². The molecule has 0 saturated heterocycles. The molecule has 2 nitrogen and oxygen atoms in total. The number of thiol groups is 1. The zero-order chi connectivity index (χ0) is 9.26. The van der Waals surface area contributed by atoms with Crippen LogP contribution in [0, 0.1) is 0 Å². The molecule has 0 saturated carbocycles. The summed E-state index contributed by atoms with van der Waals surface area (Å²) < 4.78 is 5.14. The maximum Gasteiger partial charge on any atom is 0.228 e. The van der Waals surface area contributed by atoms with Crippen LogP contribution in [0.3, 0.4) is 0 Å². The Kier molecular flexibility index (Phi) is 2.29. The standard InChI is InChI=1S/C9H6ClNOS/c10-6-2-1-3-7(13)8(6)9-11-4-5-12-9/h1-5,13H. The average Bonchev–Trinajstić information content (AvgIpc) is 2.57. The first-order valence-electron chi connectivity index (χ1n) is 3.66. The molecule has 0 radical (unpaired) electrons. The number of nitrogens with zero attached hydrogens (tertiary/aromatic N) is 1. The Bertz CT molecular complexity index is 393. The lowest BCUT2D eigenvalue weighted by molar-refractivity contribution is 0.573. The van der Waals surface area contributed by atoms with Crippen LogP contribution in [-0.2, 0) is 0 Å². The van der Waals surface area contributed by atoms with Gasteiger partial charge in [0.2, 0.25) is 5.89 Å². The lowest BCUT2D eigenvalue weighted by Gasteiger charge is -2.01. The second kappa shape index (κ2) is 3.44. The molecule has 13 heavy (non-hydrogen) atoms. The number of hydrogen-bond donors (Lipinski definition) is 1. The minimum Gasteiger partial charge on any atom is -0.444 e. The van der Waals surface area contributed by atoms with Gasteiger partial charge in [0.25, 0.3) is 0 Å². The molecule has 0 amide bonds. The van der Waals surface area contributed by atoms with E-state index in [1.807, 2.05) is 12.1 Å². The fourth-order valence-electron chi connectivity index (χ4n) is 1.07. The Labute approximate surface area is 86.0 Å². The van der Waals surface area contributed by atoms with Gasteiger partial charge in [0.15, 0.2) is 0 Å². The Hall–Kier alpha value is -0.930. The highest BCUT2D eigenvalue weighted by Gasteiger charge is 2.10. The Morgan fingerprint density at radius 1 is 1.38 bits per heavy atom. The van der Waals surface area contributed by atoms with Crippen molar-refractivity contribution in [2.75, 3.05) is 0 Å². The molecular formula is C9H6ClNOS. The predicted molar refractivity (Wildman–Crippen MR) is 54.2 cm³/mol. The van der Waals surface area contributed by atoms with Gasteiger partial charge in [0.1, 0.15) is 6.26 Å². The predicted octanol–water partition coefficient (Wildman–Crippen LogP) is 3.28. The Morgan fingerprint density at radius 2 is 2.23 bits per heavy atom. The normalized spacial score (nSPS) is 10.3. The van der Waals surface area contributed by atoms with Gasteiger partial charge in [0.05, 0.1) is 16.8 Å². The van der Waals surface area contributed by atoms with Gasteiger partial charge in [0, 0.05) is 4.90 Å². The van der Waals surface area contributed by atoms with Crippen molar-refractivity contribution in [3.8, 4) is 11.5 Å². The molecule has 1 heterocycles. The van der Waals surface area contributed by atoms with Gasteiger partial charge in [-0.1, -0.05) is 17.7 Å². The molecule has 0 atom stereocenters. The summed E-state index contributed by atoms with van der Waals surface area (Å²) in [5.41, 5.74) is 0.734. The van der Waals surface area contributed by atoms with Crippen molar-refractivity contribution in [2.24, 2.45) is 0 Å². The highest BCUT2D eigenvalue weighted by atomic mass is 35.5. The largest absolute Gasteiger partial charge is 0.444 e. The minimum atomic E-state index is 0.496. The van der Waals surface area contributed by atoms with Crippen LogP contribution in [0.2, 0.25) is 5.02 Å². The van der Waals surface area contributed by atoms with Gasteiger partial charge in [-0.2, -0.15) is 0 Å². The number of aromatic nitrogens is 1. The van der Waals surface area contributed by atoms with E-state index in [1.165, 1.54) is 6.26 Å². The van der Waals surface area contributed by atoms with Crippen molar-refractivity contribution in [1.29, 1.82) is 0 Å². The van der Waals surface area contributed by atoms with Crippen molar-refractivity contribution in [3.05, 3.63) is 35.7 Å². The van der Waals surface area contributed by atoms with E-state index in [0.717, 1.165) is 10.5 Å². The quantitative estimate of drug-likeness (QED) is 0.733. The summed E-state index contributed by atoms with van der Waals surface area (Å²) in [6.45, 7) is 0. The lowest BCUT2D eigenvalue weighted by Crippen LogP contribution is -1.81. The Morgan fingerprint density at radius 3 is 2.85 bits per heavy atom. The van der Waals surface area contributed by atoms with Crippen molar-refractivity contribution < 1.29 is 4.42 Å². The van der Waals surface area contributed by atoms with Gasteiger partial charge in [-0.25, -0.2) is 4.98 Å². The van der Waals surface area contributed by atoms with E-state index in [9.17, 15) is 0 Å². The zero-order valence-corrected chi connectivity index (χ0v) is 8.22. The highest BCUT2D eigenvalue weighted by Crippen LogP contribution is 2.31. The molecule has 0 fully saturated rings. The third-order valence-corrected chi connectivity index (χ3v) is 2.33. The zero-order valence-electron chi connectivity index (χ0n) is 6.57. The first-order valence-corrected chi connectivity index (χ1v) is 4.49. The van der Waals surface area contributed by atoms with Crippen LogP contribution in [0.25, 0.3) is 11.5 Å². The van der Waals surface area contributed by atoms with Gasteiger partial charge >= 0.3 is 0 Å². The molecule has 0 aliphatic heterocycles. The summed E-state index contributed by atoms with van der Waals surface area (Å²) in [6.07, 6.45) is 3.08. The Balaban J connectivity index is 2.64. The lowest BCUT2D eigenvalue weighted by atomic mass is 10.2. The molecule has 1 aromatic heterocycles. The van der Waals surface area contributed by atoms with Crippen molar-refractivity contribution in [1.82, 2.24) is 4.98 Å². The van der Waals surface area contributed by atoms with E-state index in [-0.39, 0.29) is 0 Å². The van der Waals surface area contributed by atoms with Gasteiger partial charge in [-0.15, -0.1) is 12.6 Å². The fraction of sp³-hybridized carbons (Fsp3) is 0. The van der Waals surface area contributed by atoms with Crippen molar-refractivity contribution >= 4 is 24.2 Å². The van der Waals surface area contributed by atoms with Crippen LogP contribution < -0.4 is 0 Å². The molecule has 0 bridgehead atoms. The number of hydrogen-bond acceptors (Lipinski definition) is 3. The number of halogens is 1. The first kappa shape index (κ1) is 8.66. The third kappa shape index (κ3) is 1.57. The minimum absolute atomic E-state index is 0.496. The molecular weight excluding hydrogens is 206 g/mol. The molecule has 0 aliphatic rings. The van der Waals surface area contributed by atoms with Crippen molar-refractivity contribution in [2.45, 2.75) is 4.90 Å². The van der Waals surface area contributed by atoms with E-state index >= 15 is 0 Å².